The third-order valence-electron chi connectivity index (χ3n) is 2.98. The molecule has 112 valence electrons. The molecule has 0 atom stereocenters. The van der Waals surface area contributed by atoms with E-state index < -0.39 is 10.0 Å². The molecule has 0 unspecified atom stereocenters. The molecule has 7 heteroatoms. The first-order chi connectivity index (χ1) is 9.35. The molecule has 0 aliphatic rings. The van der Waals surface area contributed by atoms with E-state index in [-0.39, 0.29) is 10.7 Å². The third-order valence-corrected chi connectivity index (χ3v) is 4.54. The van der Waals surface area contributed by atoms with E-state index in [1.165, 1.54) is 0 Å². The Balaban J connectivity index is 2.69. The number of hydrogen-bond acceptors (Lipinski definition) is 4. The van der Waals surface area contributed by atoms with Gasteiger partial charge in [-0.25, -0.2) is 13.1 Å². The summed E-state index contributed by atoms with van der Waals surface area (Å²) in [6.07, 6.45) is 0. The summed E-state index contributed by atoms with van der Waals surface area (Å²) >= 11 is 4.93. The molecule has 5 nitrogen and oxygen atoms in total. The highest BCUT2D eigenvalue weighted by Gasteiger charge is 2.14. The van der Waals surface area contributed by atoms with Gasteiger partial charge in [0.05, 0.1) is 5.75 Å². The zero-order valence-corrected chi connectivity index (χ0v) is 13.4. The van der Waals surface area contributed by atoms with E-state index in [2.05, 4.69) is 4.72 Å². The highest BCUT2D eigenvalue weighted by molar-refractivity contribution is 7.88. The SMILES string of the molecule is CCN(C)CCNS(=O)(=O)Cc1ccccc1C(N)=S. The van der Waals surface area contributed by atoms with Crippen molar-refractivity contribution in [3.8, 4) is 0 Å². The van der Waals surface area contributed by atoms with Crippen LogP contribution in [-0.4, -0.2) is 45.0 Å². The van der Waals surface area contributed by atoms with E-state index in [4.69, 9.17) is 18.0 Å². The number of nitrogens with one attached hydrogen (secondary N) is 1. The van der Waals surface area contributed by atoms with Crippen molar-refractivity contribution in [2.24, 2.45) is 5.73 Å². The Morgan fingerprint density at radius 1 is 1.40 bits per heavy atom. The molecule has 0 aliphatic carbocycles. The molecule has 1 aromatic rings. The molecule has 0 radical (unpaired) electrons. The summed E-state index contributed by atoms with van der Waals surface area (Å²) in [6, 6.07) is 7.02. The highest BCUT2D eigenvalue weighted by Crippen LogP contribution is 2.11. The lowest BCUT2D eigenvalue weighted by molar-refractivity contribution is 0.358. The van der Waals surface area contributed by atoms with Crippen LogP contribution in [0.25, 0.3) is 0 Å². The first kappa shape index (κ1) is 17.0. The molecule has 0 spiro atoms. The van der Waals surface area contributed by atoms with Gasteiger partial charge in [-0.15, -0.1) is 0 Å². The van der Waals surface area contributed by atoms with Crippen LogP contribution in [0.4, 0.5) is 0 Å². The topological polar surface area (TPSA) is 75.4 Å². The summed E-state index contributed by atoms with van der Waals surface area (Å²) in [5.74, 6) is -0.115. The Morgan fingerprint density at radius 3 is 2.65 bits per heavy atom. The molecule has 0 saturated carbocycles. The Morgan fingerprint density at radius 2 is 2.05 bits per heavy atom. The fourth-order valence-corrected chi connectivity index (χ4v) is 3.06. The maximum Gasteiger partial charge on any atom is 0.215 e. The second-order valence-electron chi connectivity index (χ2n) is 4.57. The van der Waals surface area contributed by atoms with Gasteiger partial charge in [0.15, 0.2) is 0 Å². The second kappa shape index (κ2) is 7.68. The molecular formula is C13H21N3O2S2. The number of benzene rings is 1. The van der Waals surface area contributed by atoms with E-state index in [0.29, 0.717) is 24.2 Å². The predicted octanol–water partition coefficient (Wildman–Crippen LogP) is 0.692. The summed E-state index contributed by atoms with van der Waals surface area (Å²) in [5, 5.41) is 0. The minimum Gasteiger partial charge on any atom is -0.389 e. The minimum absolute atomic E-state index is 0.115. The molecule has 0 saturated heterocycles. The Bertz CT molecular complexity index is 558. The predicted molar refractivity (Wildman–Crippen MR) is 86.1 cm³/mol. The van der Waals surface area contributed by atoms with Crippen molar-refractivity contribution < 1.29 is 8.42 Å². The second-order valence-corrected chi connectivity index (χ2v) is 6.82. The van der Waals surface area contributed by atoms with E-state index in [9.17, 15) is 8.42 Å². The summed E-state index contributed by atoms with van der Waals surface area (Å²) in [4.78, 5) is 2.24. The number of nitrogens with two attached hydrogens (primary N) is 1. The summed E-state index contributed by atoms with van der Waals surface area (Å²) in [5.41, 5.74) is 6.83. The van der Waals surface area contributed by atoms with Crippen molar-refractivity contribution in [1.29, 1.82) is 0 Å². The molecule has 0 heterocycles. The monoisotopic (exact) mass is 315 g/mol. The van der Waals surface area contributed by atoms with Gasteiger partial charge in [-0.05, 0) is 19.2 Å². The zero-order chi connectivity index (χ0) is 15.2. The standard InChI is InChI=1S/C13H21N3O2S2/c1-3-16(2)9-8-15-20(17,18)10-11-6-4-5-7-12(11)13(14)19/h4-7,15H,3,8-10H2,1-2H3,(H2,14,19). The largest absolute Gasteiger partial charge is 0.389 e. The van der Waals surface area contributed by atoms with Crippen molar-refractivity contribution in [3.05, 3.63) is 35.4 Å². The fraction of sp³-hybridized carbons (Fsp3) is 0.462. The maximum atomic E-state index is 12.0. The molecule has 0 bridgehead atoms. The van der Waals surface area contributed by atoms with Crippen LogP contribution in [0, 0.1) is 0 Å². The average molecular weight is 315 g/mol. The Labute approximate surface area is 126 Å². The van der Waals surface area contributed by atoms with Gasteiger partial charge >= 0.3 is 0 Å². The van der Waals surface area contributed by atoms with Gasteiger partial charge in [0.2, 0.25) is 10.0 Å². The normalized spacial score (nSPS) is 11.8. The lowest BCUT2D eigenvalue weighted by Gasteiger charge is -2.14. The average Bonchev–Trinajstić information content (AvgIpc) is 2.38. The molecular weight excluding hydrogens is 294 g/mol. The van der Waals surface area contributed by atoms with E-state index in [0.717, 1.165) is 6.54 Å². The maximum absolute atomic E-state index is 12.0. The Hall–Kier alpha value is -1.02. The molecule has 0 aromatic heterocycles. The summed E-state index contributed by atoms with van der Waals surface area (Å²) in [6.45, 7) is 3.97. The van der Waals surface area contributed by atoms with Gasteiger partial charge in [-0.1, -0.05) is 43.4 Å². The fourth-order valence-electron chi connectivity index (χ4n) is 1.69. The van der Waals surface area contributed by atoms with Crippen molar-refractivity contribution >= 4 is 27.2 Å². The summed E-state index contributed by atoms with van der Waals surface area (Å²) in [7, 11) is -1.45. The quantitative estimate of drug-likeness (QED) is 0.691. The number of sulfonamides is 1. The first-order valence-electron chi connectivity index (χ1n) is 6.39. The number of thiocarbonyl (C=S) groups is 1. The van der Waals surface area contributed by atoms with E-state index >= 15 is 0 Å². The van der Waals surface area contributed by atoms with Crippen molar-refractivity contribution in [3.63, 3.8) is 0 Å². The molecule has 20 heavy (non-hydrogen) atoms. The van der Waals surface area contributed by atoms with Crippen LogP contribution in [0.1, 0.15) is 18.1 Å². The molecule has 0 fully saturated rings. The zero-order valence-electron chi connectivity index (χ0n) is 11.8. The van der Waals surface area contributed by atoms with Crippen molar-refractivity contribution in [2.75, 3.05) is 26.7 Å². The highest BCUT2D eigenvalue weighted by atomic mass is 32.2. The Kier molecular flexibility index (Phi) is 6.54. The first-order valence-corrected chi connectivity index (χ1v) is 8.45. The summed E-state index contributed by atoms with van der Waals surface area (Å²) < 4.78 is 26.6. The molecule has 1 rings (SSSR count). The van der Waals surface area contributed by atoms with Crippen molar-refractivity contribution in [1.82, 2.24) is 9.62 Å². The number of nitrogens with zero attached hydrogens (tertiary/aromatic N) is 1. The van der Waals surface area contributed by atoms with Crippen LogP contribution in [-0.2, 0) is 15.8 Å². The van der Waals surface area contributed by atoms with Gasteiger partial charge < -0.3 is 10.6 Å². The van der Waals surface area contributed by atoms with E-state index in [1.54, 1.807) is 24.3 Å². The van der Waals surface area contributed by atoms with Gasteiger partial charge in [0, 0.05) is 18.7 Å². The van der Waals surface area contributed by atoms with Gasteiger partial charge in [0.25, 0.3) is 0 Å². The molecule has 0 amide bonds. The smallest absolute Gasteiger partial charge is 0.215 e. The number of rotatable bonds is 8. The van der Waals surface area contributed by atoms with Gasteiger partial charge in [-0.2, -0.15) is 0 Å². The van der Waals surface area contributed by atoms with Crippen LogP contribution in [0.3, 0.4) is 0 Å². The van der Waals surface area contributed by atoms with Gasteiger partial charge in [0.1, 0.15) is 4.99 Å². The number of hydrogen-bond donors (Lipinski definition) is 2. The lowest BCUT2D eigenvalue weighted by atomic mass is 10.1. The minimum atomic E-state index is -3.39. The van der Waals surface area contributed by atoms with Crippen molar-refractivity contribution in [2.45, 2.75) is 12.7 Å². The van der Waals surface area contributed by atoms with Crippen LogP contribution < -0.4 is 10.5 Å². The molecule has 3 N–H and O–H groups in total. The lowest BCUT2D eigenvalue weighted by Crippen LogP contribution is -2.33. The van der Waals surface area contributed by atoms with Crippen LogP contribution in [0.2, 0.25) is 0 Å². The van der Waals surface area contributed by atoms with Crippen LogP contribution in [0.15, 0.2) is 24.3 Å². The van der Waals surface area contributed by atoms with Gasteiger partial charge in [-0.3, -0.25) is 0 Å². The van der Waals surface area contributed by atoms with Crippen LogP contribution in [0.5, 0.6) is 0 Å². The van der Waals surface area contributed by atoms with Crippen LogP contribution >= 0.6 is 12.2 Å². The third kappa shape index (κ3) is 5.54. The molecule has 1 aromatic carbocycles. The molecule has 0 aliphatic heterocycles. The van der Waals surface area contributed by atoms with E-state index in [1.807, 2.05) is 18.9 Å². The number of likely N-dealkylation sites (N-methyl/N-ethyl adjacent to an activating group) is 1.